The Bertz CT molecular complexity index is 2490. The summed E-state index contributed by atoms with van der Waals surface area (Å²) in [6.45, 7) is 7.27. The van der Waals surface area contributed by atoms with Gasteiger partial charge >= 0.3 is 12.7 Å². The average molecular weight is 895 g/mol. The fourth-order valence-electron chi connectivity index (χ4n) is 7.37. The van der Waals surface area contributed by atoms with Gasteiger partial charge < -0.3 is 18.9 Å². The molecule has 0 radical (unpaired) electrons. The van der Waals surface area contributed by atoms with Crippen LogP contribution in [-0.4, -0.2) is 36.7 Å². The Balaban J connectivity index is 0.000000191. The molecule has 2 aliphatic heterocycles. The standard InChI is InChI=1S/2C24H18F5NO2/c2*1-13-12-16(15-6-9-17(10-7-15)32-24(27,28)29)8-11-18(13)22-14(2)31-23(30-22)21-19(25)4-3-5-20(21)26/h2*3-12,14,22H,1-2H3/t2*14-,22+/m10/s1. The van der Waals surface area contributed by atoms with E-state index in [1.807, 2.05) is 50.2 Å². The fraction of sp³-hybridized carbons (Fsp3) is 0.208. The maximum Gasteiger partial charge on any atom is 0.573 e. The van der Waals surface area contributed by atoms with Gasteiger partial charge in [0, 0.05) is 0 Å². The highest BCUT2D eigenvalue weighted by Gasteiger charge is 2.35. The molecule has 332 valence electrons. The number of alkyl halides is 6. The van der Waals surface area contributed by atoms with E-state index in [0.29, 0.717) is 11.1 Å². The predicted molar refractivity (Wildman–Crippen MR) is 219 cm³/mol. The average Bonchev–Trinajstić information content (AvgIpc) is 3.78. The summed E-state index contributed by atoms with van der Waals surface area (Å²) < 4.78 is 150. The molecule has 16 heteroatoms. The van der Waals surface area contributed by atoms with Gasteiger partial charge in [-0.05, 0) is 121 Å². The number of benzene rings is 6. The van der Waals surface area contributed by atoms with Crippen LogP contribution in [0.4, 0.5) is 43.9 Å². The minimum Gasteiger partial charge on any atom is -0.472 e. The topological polar surface area (TPSA) is 61.6 Å². The molecule has 6 aromatic rings. The second-order valence-electron chi connectivity index (χ2n) is 14.9. The van der Waals surface area contributed by atoms with Crippen LogP contribution in [0.15, 0.2) is 131 Å². The number of hydrogen-bond acceptors (Lipinski definition) is 6. The zero-order valence-electron chi connectivity index (χ0n) is 34.2. The van der Waals surface area contributed by atoms with Crippen molar-refractivity contribution >= 4 is 11.8 Å². The summed E-state index contributed by atoms with van der Waals surface area (Å²) >= 11 is 0. The molecule has 0 aromatic heterocycles. The number of hydrogen-bond donors (Lipinski definition) is 0. The van der Waals surface area contributed by atoms with Gasteiger partial charge in [0.05, 0.1) is 0 Å². The van der Waals surface area contributed by atoms with Gasteiger partial charge in [0.1, 0.15) is 70.2 Å². The van der Waals surface area contributed by atoms with E-state index in [-0.39, 0.29) is 34.4 Å². The highest BCUT2D eigenvalue weighted by molar-refractivity contribution is 5.96. The highest BCUT2D eigenvalue weighted by atomic mass is 19.4. The van der Waals surface area contributed by atoms with Crippen LogP contribution in [-0.2, 0) is 9.47 Å². The Morgan fingerprint density at radius 2 is 0.766 bits per heavy atom. The summed E-state index contributed by atoms with van der Waals surface area (Å²) in [6.07, 6.45) is -10.4. The lowest BCUT2D eigenvalue weighted by Crippen LogP contribution is -2.16. The van der Waals surface area contributed by atoms with E-state index in [1.165, 1.54) is 60.7 Å². The van der Waals surface area contributed by atoms with Crippen LogP contribution in [0.1, 0.15) is 59.3 Å². The molecule has 0 spiro atoms. The maximum absolute atomic E-state index is 14.1. The number of aliphatic imine (C=N–C) groups is 2. The van der Waals surface area contributed by atoms with Crippen LogP contribution in [0.25, 0.3) is 22.3 Å². The smallest absolute Gasteiger partial charge is 0.472 e. The van der Waals surface area contributed by atoms with Gasteiger partial charge in [0.25, 0.3) is 0 Å². The second kappa shape index (κ2) is 18.1. The monoisotopic (exact) mass is 894 g/mol. The molecule has 6 nitrogen and oxygen atoms in total. The number of nitrogens with zero attached hydrogens (tertiary/aromatic N) is 2. The van der Waals surface area contributed by atoms with Gasteiger partial charge in [-0.15, -0.1) is 26.3 Å². The van der Waals surface area contributed by atoms with Crippen LogP contribution in [0, 0.1) is 37.1 Å². The Morgan fingerprint density at radius 1 is 0.453 bits per heavy atom. The maximum atomic E-state index is 14.1. The number of rotatable bonds is 8. The largest absolute Gasteiger partial charge is 0.573 e. The number of halogens is 10. The van der Waals surface area contributed by atoms with Crippen molar-refractivity contribution in [1.82, 2.24) is 0 Å². The van der Waals surface area contributed by atoms with E-state index >= 15 is 0 Å². The SMILES string of the molecule is Cc1cc(-c2ccc(OC(F)(F)F)cc2)ccc1[C@@H]1N=C(c2c(F)cccc2F)O[C@H]1C.Cc1cc(-c2ccc(OC(F)(F)F)cc2)ccc1[C@H]1N=C(c2c(F)cccc2F)O[C@@H]1C. The molecule has 0 aliphatic carbocycles. The Labute approximate surface area is 360 Å². The number of ether oxygens (including phenoxy) is 4. The zero-order valence-corrected chi connectivity index (χ0v) is 34.2. The van der Waals surface area contributed by atoms with Crippen molar-refractivity contribution in [2.45, 2.75) is 64.7 Å². The molecule has 6 aromatic carbocycles. The Kier molecular flexibility index (Phi) is 12.8. The lowest BCUT2D eigenvalue weighted by atomic mass is 9.94. The van der Waals surface area contributed by atoms with E-state index in [4.69, 9.17) is 9.47 Å². The molecule has 0 saturated heterocycles. The van der Waals surface area contributed by atoms with Crippen molar-refractivity contribution in [3.8, 4) is 33.8 Å². The lowest BCUT2D eigenvalue weighted by Gasteiger charge is -2.16. The molecule has 4 atom stereocenters. The van der Waals surface area contributed by atoms with Gasteiger partial charge in [-0.1, -0.05) is 72.8 Å². The first-order chi connectivity index (χ1) is 30.2. The summed E-state index contributed by atoms with van der Waals surface area (Å²) in [4.78, 5) is 8.86. The lowest BCUT2D eigenvalue weighted by molar-refractivity contribution is -0.275. The summed E-state index contributed by atoms with van der Waals surface area (Å²) in [5, 5.41) is 0. The molecule has 0 fully saturated rings. The van der Waals surface area contributed by atoms with E-state index in [0.717, 1.165) is 57.6 Å². The van der Waals surface area contributed by atoms with E-state index in [9.17, 15) is 43.9 Å². The quantitative estimate of drug-likeness (QED) is 0.143. The van der Waals surface area contributed by atoms with Crippen LogP contribution in [0.2, 0.25) is 0 Å². The van der Waals surface area contributed by atoms with Crippen molar-refractivity contribution in [1.29, 1.82) is 0 Å². The molecule has 8 rings (SSSR count). The molecule has 0 saturated carbocycles. The minimum atomic E-state index is -4.75. The molecule has 2 heterocycles. The minimum absolute atomic E-state index is 0.0816. The predicted octanol–water partition coefficient (Wildman–Crippen LogP) is 13.5. The Morgan fingerprint density at radius 3 is 1.06 bits per heavy atom. The second-order valence-corrected chi connectivity index (χ2v) is 14.9. The van der Waals surface area contributed by atoms with Crippen LogP contribution >= 0.6 is 0 Å². The van der Waals surface area contributed by atoms with Crippen LogP contribution in [0.3, 0.4) is 0 Å². The van der Waals surface area contributed by atoms with Gasteiger partial charge in [-0.2, -0.15) is 0 Å². The summed E-state index contributed by atoms with van der Waals surface area (Å²) in [7, 11) is 0. The van der Waals surface area contributed by atoms with Crippen molar-refractivity contribution in [3.63, 3.8) is 0 Å². The molecule has 0 bridgehead atoms. The normalized spacial score (nSPS) is 18.3. The molecule has 64 heavy (non-hydrogen) atoms. The van der Waals surface area contributed by atoms with E-state index in [2.05, 4.69) is 19.5 Å². The van der Waals surface area contributed by atoms with Crippen molar-refractivity contribution in [2.24, 2.45) is 9.98 Å². The molecule has 0 N–H and O–H groups in total. The summed E-state index contributed by atoms with van der Waals surface area (Å²) in [5.74, 6) is -3.75. The third-order valence-corrected chi connectivity index (χ3v) is 10.4. The van der Waals surface area contributed by atoms with Gasteiger partial charge in [-0.3, -0.25) is 0 Å². The van der Waals surface area contributed by atoms with Crippen molar-refractivity contribution < 1.29 is 62.9 Å². The molecule has 0 amide bonds. The van der Waals surface area contributed by atoms with Crippen LogP contribution in [0.5, 0.6) is 11.5 Å². The van der Waals surface area contributed by atoms with E-state index in [1.54, 1.807) is 13.8 Å². The van der Waals surface area contributed by atoms with Gasteiger partial charge in [0.2, 0.25) is 11.8 Å². The summed E-state index contributed by atoms with van der Waals surface area (Å²) in [6, 6.07) is 28.4. The van der Waals surface area contributed by atoms with Gasteiger partial charge in [-0.25, -0.2) is 27.5 Å². The van der Waals surface area contributed by atoms with Crippen LogP contribution < -0.4 is 9.47 Å². The highest BCUT2D eigenvalue weighted by Crippen LogP contribution is 2.38. The molecular formula is C48H36F10N2O4. The first-order valence-corrected chi connectivity index (χ1v) is 19.6. The molecule has 0 unspecified atom stereocenters. The number of aryl methyl sites for hydroxylation is 2. The third-order valence-electron chi connectivity index (χ3n) is 10.4. The third kappa shape index (κ3) is 10.3. The fourth-order valence-corrected chi connectivity index (χ4v) is 7.37. The zero-order chi connectivity index (χ0) is 46.1. The van der Waals surface area contributed by atoms with Crippen molar-refractivity contribution in [3.05, 3.63) is 178 Å². The van der Waals surface area contributed by atoms with Gasteiger partial charge in [0.15, 0.2) is 0 Å². The summed E-state index contributed by atoms with van der Waals surface area (Å²) in [5.41, 5.74) is 5.78. The van der Waals surface area contributed by atoms with Crippen molar-refractivity contribution in [2.75, 3.05) is 0 Å². The molecular weight excluding hydrogens is 859 g/mol. The van der Waals surface area contributed by atoms with E-state index < -0.39 is 60.3 Å². The molecule has 2 aliphatic rings. The Hall–Kier alpha value is -6.84. The first-order valence-electron chi connectivity index (χ1n) is 19.6. The first kappa shape index (κ1) is 45.2.